The van der Waals surface area contributed by atoms with E-state index in [-0.39, 0.29) is 0 Å². The van der Waals surface area contributed by atoms with Crippen LogP contribution in [0, 0.1) is 0 Å². The van der Waals surface area contributed by atoms with Crippen LogP contribution < -0.4 is 0 Å². The lowest BCUT2D eigenvalue weighted by Crippen LogP contribution is -2.03. The van der Waals surface area contributed by atoms with Crippen molar-refractivity contribution in [2.75, 3.05) is 0 Å². The minimum absolute atomic E-state index is 0.628. The van der Waals surface area contributed by atoms with E-state index in [0.29, 0.717) is 5.02 Å². The molecule has 0 amide bonds. The normalized spacial score (nSPS) is 12.4. The van der Waals surface area contributed by atoms with Gasteiger partial charge in [-0.1, -0.05) is 59.6 Å². The molecule has 1 N–H and O–H groups in total. The Morgan fingerprint density at radius 3 is 2.40 bits per heavy atom. The highest BCUT2D eigenvalue weighted by molar-refractivity contribution is 9.10. The third kappa shape index (κ3) is 3.25. The second-order valence-electron chi connectivity index (χ2n) is 4.80. The first-order chi connectivity index (χ1) is 9.56. The zero-order valence-corrected chi connectivity index (χ0v) is 14.0. The highest BCUT2D eigenvalue weighted by atomic mass is 79.9. The molecule has 0 fully saturated rings. The zero-order valence-electron chi connectivity index (χ0n) is 11.7. The van der Waals surface area contributed by atoms with Crippen LogP contribution in [-0.4, -0.2) is 5.11 Å². The van der Waals surface area contributed by atoms with Gasteiger partial charge in [0.15, 0.2) is 0 Å². The van der Waals surface area contributed by atoms with Gasteiger partial charge in [0.05, 0.1) is 0 Å². The molecule has 1 nitrogen and oxygen atoms in total. The Kier molecular flexibility index (Phi) is 5.25. The summed E-state index contributed by atoms with van der Waals surface area (Å²) >= 11 is 9.50. The van der Waals surface area contributed by atoms with Crippen LogP contribution in [-0.2, 0) is 12.8 Å². The summed E-state index contributed by atoms with van der Waals surface area (Å²) in [6.45, 7) is 4.29. The Morgan fingerprint density at radius 2 is 1.75 bits per heavy atom. The molecule has 20 heavy (non-hydrogen) atoms. The maximum atomic E-state index is 10.6. The van der Waals surface area contributed by atoms with Gasteiger partial charge < -0.3 is 5.11 Å². The fraction of sp³-hybridized carbons (Fsp3) is 0.294. The lowest BCUT2D eigenvalue weighted by molar-refractivity contribution is 0.219. The van der Waals surface area contributed by atoms with E-state index in [4.69, 9.17) is 11.6 Å². The van der Waals surface area contributed by atoms with Crippen molar-refractivity contribution < 1.29 is 5.11 Å². The van der Waals surface area contributed by atoms with Gasteiger partial charge in [0.1, 0.15) is 6.10 Å². The molecule has 0 spiro atoms. The first-order valence-corrected chi connectivity index (χ1v) is 7.98. The lowest BCUT2D eigenvalue weighted by atomic mass is 9.95. The maximum Gasteiger partial charge on any atom is 0.105 e. The Hall–Kier alpha value is -0.830. The summed E-state index contributed by atoms with van der Waals surface area (Å²) < 4.78 is 0.868. The van der Waals surface area contributed by atoms with Gasteiger partial charge in [-0.05, 0) is 47.7 Å². The van der Waals surface area contributed by atoms with Crippen molar-refractivity contribution in [2.45, 2.75) is 32.8 Å². The quantitative estimate of drug-likeness (QED) is 0.790. The number of rotatable bonds is 4. The zero-order chi connectivity index (χ0) is 14.7. The number of hydrogen-bond acceptors (Lipinski definition) is 1. The predicted molar refractivity (Wildman–Crippen MR) is 88.4 cm³/mol. The molecule has 106 valence electrons. The van der Waals surface area contributed by atoms with Gasteiger partial charge in [-0.2, -0.15) is 0 Å². The number of benzene rings is 2. The van der Waals surface area contributed by atoms with Crippen molar-refractivity contribution in [2.24, 2.45) is 0 Å². The van der Waals surface area contributed by atoms with E-state index in [9.17, 15) is 5.11 Å². The molecule has 0 saturated heterocycles. The number of aliphatic hydroxyl groups excluding tert-OH is 1. The predicted octanol–water partition coefficient (Wildman–Crippen LogP) is 5.31. The van der Waals surface area contributed by atoms with Crippen LogP contribution in [0.3, 0.4) is 0 Å². The maximum absolute atomic E-state index is 10.6. The first-order valence-electron chi connectivity index (χ1n) is 6.81. The van der Waals surface area contributed by atoms with E-state index in [2.05, 4.69) is 41.9 Å². The summed E-state index contributed by atoms with van der Waals surface area (Å²) in [5.74, 6) is 0. The Bertz CT molecular complexity index is 610. The second kappa shape index (κ2) is 6.75. The molecule has 0 heterocycles. The van der Waals surface area contributed by atoms with Crippen LogP contribution in [0.2, 0.25) is 5.02 Å². The molecule has 0 saturated carbocycles. The van der Waals surface area contributed by atoms with Gasteiger partial charge in [0.25, 0.3) is 0 Å². The fourth-order valence-electron chi connectivity index (χ4n) is 2.39. The molecule has 2 rings (SSSR count). The van der Waals surface area contributed by atoms with Gasteiger partial charge in [0, 0.05) is 15.1 Å². The summed E-state index contributed by atoms with van der Waals surface area (Å²) in [4.78, 5) is 0. The number of aryl methyl sites for hydroxylation is 2. The molecule has 0 aromatic heterocycles. The van der Waals surface area contributed by atoms with E-state index < -0.39 is 6.10 Å². The molecule has 0 radical (unpaired) electrons. The van der Waals surface area contributed by atoms with Crippen LogP contribution in [0.5, 0.6) is 0 Å². The molecule has 0 bridgehead atoms. The number of halogens is 2. The molecule has 1 unspecified atom stereocenters. The van der Waals surface area contributed by atoms with Gasteiger partial charge in [-0.3, -0.25) is 0 Å². The second-order valence-corrected chi connectivity index (χ2v) is 6.09. The lowest BCUT2D eigenvalue weighted by Gasteiger charge is -2.16. The van der Waals surface area contributed by atoms with Gasteiger partial charge in [0.2, 0.25) is 0 Å². The molecule has 0 aliphatic rings. The summed E-state index contributed by atoms with van der Waals surface area (Å²) in [6, 6.07) is 11.7. The Morgan fingerprint density at radius 1 is 1.05 bits per heavy atom. The van der Waals surface area contributed by atoms with Crippen molar-refractivity contribution in [3.05, 3.63) is 68.1 Å². The molecule has 0 aliphatic carbocycles. The van der Waals surface area contributed by atoms with Crippen molar-refractivity contribution >= 4 is 27.5 Å². The number of aliphatic hydroxyl groups is 1. The third-order valence-corrected chi connectivity index (χ3v) is 4.52. The minimum Gasteiger partial charge on any atom is -0.384 e. The van der Waals surface area contributed by atoms with Crippen LogP contribution >= 0.6 is 27.5 Å². The van der Waals surface area contributed by atoms with Crippen molar-refractivity contribution in [1.29, 1.82) is 0 Å². The third-order valence-electron chi connectivity index (χ3n) is 3.56. The highest BCUT2D eigenvalue weighted by Gasteiger charge is 2.15. The minimum atomic E-state index is -0.667. The summed E-state index contributed by atoms with van der Waals surface area (Å²) in [5.41, 5.74) is 4.33. The van der Waals surface area contributed by atoms with Gasteiger partial charge in [-0.15, -0.1) is 0 Å². The Balaban J connectivity index is 2.42. The monoisotopic (exact) mass is 352 g/mol. The largest absolute Gasteiger partial charge is 0.384 e. The SMILES string of the molecule is CCc1ccc(C(O)c2cc(Cl)ccc2Br)cc1CC. The average molecular weight is 354 g/mol. The van der Waals surface area contributed by atoms with E-state index in [1.54, 1.807) is 12.1 Å². The van der Waals surface area contributed by atoms with Crippen molar-refractivity contribution in [3.63, 3.8) is 0 Å². The standard InChI is InChI=1S/C17H18BrClO/c1-3-11-5-6-13(9-12(11)4-2)17(20)15-10-14(19)7-8-16(15)18/h5-10,17,20H,3-4H2,1-2H3. The molecular formula is C17H18BrClO. The summed E-state index contributed by atoms with van der Waals surface area (Å²) in [5, 5.41) is 11.2. The van der Waals surface area contributed by atoms with Crippen LogP contribution in [0.1, 0.15) is 42.2 Å². The van der Waals surface area contributed by atoms with Crippen LogP contribution in [0.4, 0.5) is 0 Å². The number of hydrogen-bond donors (Lipinski definition) is 1. The van der Waals surface area contributed by atoms with E-state index in [0.717, 1.165) is 28.4 Å². The molecule has 2 aromatic carbocycles. The Labute approximate surface area is 133 Å². The van der Waals surface area contributed by atoms with Gasteiger partial charge in [-0.25, -0.2) is 0 Å². The molecule has 2 aromatic rings. The van der Waals surface area contributed by atoms with E-state index in [1.807, 2.05) is 12.1 Å². The summed E-state index contributed by atoms with van der Waals surface area (Å²) in [6.07, 6.45) is 1.32. The molecule has 0 aliphatic heterocycles. The van der Waals surface area contributed by atoms with E-state index in [1.165, 1.54) is 11.1 Å². The summed E-state index contributed by atoms with van der Waals surface area (Å²) in [7, 11) is 0. The molecule has 3 heteroatoms. The topological polar surface area (TPSA) is 20.2 Å². The first kappa shape index (κ1) is 15.6. The van der Waals surface area contributed by atoms with Gasteiger partial charge >= 0.3 is 0 Å². The van der Waals surface area contributed by atoms with Crippen LogP contribution in [0.25, 0.3) is 0 Å². The van der Waals surface area contributed by atoms with Crippen molar-refractivity contribution in [1.82, 2.24) is 0 Å². The van der Waals surface area contributed by atoms with Crippen molar-refractivity contribution in [3.8, 4) is 0 Å². The van der Waals surface area contributed by atoms with Crippen LogP contribution in [0.15, 0.2) is 40.9 Å². The fourth-order valence-corrected chi connectivity index (χ4v) is 3.04. The molecular weight excluding hydrogens is 336 g/mol. The highest BCUT2D eigenvalue weighted by Crippen LogP contribution is 2.31. The smallest absolute Gasteiger partial charge is 0.105 e. The van der Waals surface area contributed by atoms with E-state index >= 15 is 0 Å². The molecule has 1 atom stereocenters. The average Bonchev–Trinajstić information content (AvgIpc) is 2.48.